The van der Waals surface area contributed by atoms with Gasteiger partial charge in [0.2, 0.25) is 0 Å². The lowest BCUT2D eigenvalue weighted by Gasteiger charge is -2.17. The summed E-state index contributed by atoms with van der Waals surface area (Å²) >= 11 is 1.46. The van der Waals surface area contributed by atoms with Crippen LogP contribution in [-0.4, -0.2) is 49.2 Å². The van der Waals surface area contributed by atoms with E-state index in [4.69, 9.17) is 14.2 Å². The van der Waals surface area contributed by atoms with Crippen LogP contribution in [0.15, 0.2) is 29.8 Å². The molecule has 0 radical (unpaired) electrons. The summed E-state index contributed by atoms with van der Waals surface area (Å²) in [4.78, 5) is 18.5. The summed E-state index contributed by atoms with van der Waals surface area (Å²) in [5.74, 6) is 1.12. The van der Waals surface area contributed by atoms with Crippen LogP contribution in [0.4, 0.5) is 0 Å². The van der Waals surface area contributed by atoms with Gasteiger partial charge in [-0.05, 0) is 18.2 Å². The van der Waals surface area contributed by atoms with Gasteiger partial charge < -0.3 is 19.1 Å². The van der Waals surface area contributed by atoms with E-state index in [9.17, 15) is 4.79 Å². The Morgan fingerprint density at radius 3 is 2.83 bits per heavy atom. The van der Waals surface area contributed by atoms with E-state index in [1.54, 1.807) is 43.5 Å². The molecule has 1 aliphatic rings. The highest BCUT2D eigenvalue weighted by atomic mass is 32.1. The van der Waals surface area contributed by atoms with Gasteiger partial charge in [0.25, 0.3) is 11.1 Å². The molecule has 0 spiro atoms. The molecular formula is C16H18N2O4S. The Bertz CT molecular complexity index is 675. The molecule has 2 heterocycles. The number of thiazole rings is 1. The second-order valence-electron chi connectivity index (χ2n) is 5.15. The molecular weight excluding hydrogens is 316 g/mol. The van der Waals surface area contributed by atoms with Gasteiger partial charge in [0, 0.05) is 30.1 Å². The molecule has 1 saturated heterocycles. The number of amides is 1. The van der Waals surface area contributed by atoms with Crippen LogP contribution in [0.25, 0.3) is 0 Å². The average Bonchev–Trinajstić information content (AvgIpc) is 3.26. The second-order valence-corrected chi connectivity index (χ2v) is 6.00. The van der Waals surface area contributed by atoms with E-state index in [2.05, 4.69) is 4.98 Å². The predicted molar refractivity (Wildman–Crippen MR) is 86.6 cm³/mol. The smallest absolute Gasteiger partial charge is 0.273 e. The number of carbonyl (C=O) groups excluding carboxylic acids is 1. The topological polar surface area (TPSA) is 60.9 Å². The molecule has 1 aromatic carbocycles. The molecule has 0 bridgehead atoms. The molecule has 1 aromatic heterocycles. The fourth-order valence-corrected chi connectivity index (χ4v) is 3.12. The number of nitrogens with zero attached hydrogens (tertiary/aromatic N) is 2. The maximum Gasteiger partial charge on any atom is 0.273 e. The van der Waals surface area contributed by atoms with Crippen LogP contribution in [0.1, 0.15) is 16.8 Å². The maximum absolute atomic E-state index is 12.6. The molecule has 2 aromatic rings. The Morgan fingerprint density at radius 1 is 1.30 bits per heavy atom. The quantitative estimate of drug-likeness (QED) is 0.840. The van der Waals surface area contributed by atoms with Gasteiger partial charge in [-0.25, -0.2) is 4.98 Å². The Kier molecular flexibility index (Phi) is 4.66. The molecule has 0 N–H and O–H groups in total. The first-order valence-electron chi connectivity index (χ1n) is 7.28. The molecule has 1 aliphatic heterocycles. The lowest BCUT2D eigenvalue weighted by molar-refractivity contribution is 0.0772. The van der Waals surface area contributed by atoms with Crippen molar-refractivity contribution in [3.8, 4) is 16.7 Å². The number of methoxy groups -OCH3 is 2. The van der Waals surface area contributed by atoms with Crippen LogP contribution in [0.5, 0.6) is 16.7 Å². The standard InChI is InChI=1S/C16H18N2O4S/c1-20-13-4-3-11(9-14(13)21-2)15(19)18-7-5-12(10-18)22-16-17-6-8-23-16/h3-4,6,8-9,12H,5,7,10H2,1-2H3. The van der Waals surface area contributed by atoms with Crippen molar-refractivity contribution >= 4 is 17.2 Å². The number of aromatic nitrogens is 1. The third-order valence-corrected chi connectivity index (χ3v) is 4.40. The minimum Gasteiger partial charge on any atom is -0.493 e. The fraction of sp³-hybridized carbons (Fsp3) is 0.375. The first-order chi connectivity index (χ1) is 11.2. The zero-order chi connectivity index (χ0) is 16.2. The molecule has 1 atom stereocenters. The Balaban J connectivity index is 1.67. The van der Waals surface area contributed by atoms with Gasteiger partial charge in [0.05, 0.1) is 20.8 Å². The number of carbonyl (C=O) groups is 1. The first-order valence-corrected chi connectivity index (χ1v) is 8.16. The minimum absolute atomic E-state index is 0.00903. The van der Waals surface area contributed by atoms with Crippen LogP contribution in [0, 0.1) is 0 Å². The van der Waals surface area contributed by atoms with Crippen molar-refractivity contribution < 1.29 is 19.0 Å². The number of hydrogen-bond donors (Lipinski definition) is 0. The van der Waals surface area contributed by atoms with Gasteiger partial charge in [-0.2, -0.15) is 0 Å². The highest BCUT2D eigenvalue weighted by Gasteiger charge is 2.29. The summed E-state index contributed by atoms with van der Waals surface area (Å²) in [5, 5.41) is 2.52. The van der Waals surface area contributed by atoms with E-state index in [1.165, 1.54) is 11.3 Å². The van der Waals surface area contributed by atoms with Gasteiger partial charge in [-0.15, -0.1) is 0 Å². The monoisotopic (exact) mass is 334 g/mol. The average molecular weight is 334 g/mol. The number of hydrogen-bond acceptors (Lipinski definition) is 6. The number of ether oxygens (including phenoxy) is 3. The van der Waals surface area contributed by atoms with Crippen molar-refractivity contribution in [1.82, 2.24) is 9.88 Å². The van der Waals surface area contributed by atoms with Crippen molar-refractivity contribution in [3.05, 3.63) is 35.3 Å². The van der Waals surface area contributed by atoms with Crippen LogP contribution >= 0.6 is 11.3 Å². The van der Waals surface area contributed by atoms with Crippen LogP contribution in [-0.2, 0) is 0 Å². The van der Waals surface area contributed by atoms with Crippen molar-refractivity contribution in [2.75, 3.05) is 27.3 Å². The zero-order valence-electron chi connectivity index (χ0n) is 13.0. The maximum atomic E-state index is 12.6. The SMILES string of the molecule is COc1ccc(C(=O)N2CCC(Oc3nccs3)C2)cc1OC. The summed E-state index contributed by atoms with van der Waals surface area (Å²) in [6.07, 6.45) is 2.50. The summed E-state index contributed by atoms with van der Waals surface area (Å²) < 4.78 is 16.2. The van der Waals surface area contributed by atoms with Crippen molar-refractivity contribution in [2.24, 2.45) is 0 Å². The molecule has 1 amide bonds. The fourth-order valence-electron chi connectivity index (χ4n) is 2.57. The van der Waals surface area contributed by atoms with Crippen molar-refractivity contribution in [1.29, 1.82) is 0 Å². The van der Waals surface area contributed by atoms with Crippen molar-refractivity contribution in [3.63, 3.8) is 0 Å². The van der Waals surface area contributed by atoms with Crippen molar-refractivity contribution in [2.45, 2.75) is 12.5 Å². The minimum atomic E-state index is -0.0313. The third kappa shape index (κ3) is 3.39. The number of rotatable bonds is 5. The second kappa shape index (κ2) is 6.87. The van der Waals surface area contributed by atoms with Crippen LogP contribution in [0.2, 0.25) is 0 Å². The largest absolute Gasteiger partial charge is 0.493 e. The molecule has 0 saturated carbocycles. The Morgan fingerprint density at radius 2 is 2.13 bits per heavy atom. The Labute approximate surface area is 138 Å². The molecule has 3 rings (SSSR count). The van der Waals surface area contributed by atoms with Crippen LogP contribution < -0.4 is 14.2 Å². The van der Waals surface area contributed by atoms with Gasteiger partial charge >= 0.3 is 0 Å². The molecule has 0 aliphatic carbocycles. The summed E-state index contributed by atoms with van der Waals surface area (Å²) in [6, 6.07) is 5.20. The lowest BCUT2D eigenvalue weighted by atomic mass is 10.1. The molecule has 122 valence electrons. The van der Waals surface area contributed by atoms with E-state index in [0.29, 0.717) is 35.3 Å². The van der Waals surface area contributed by atoms with Crippen LogP contribution in [0.3, 0.4) is 0 Å². The predicted octanol–water partition coefficient (Wildman–Crippen LogP) is 2.45. The third-order valence-electron chi connectivity index (χ3n) is 3.74. The van der Waals surface area contributed by atoms with E-state index in [0.717, 1.165) is 6.42 Å². The summed E-state index contributed by atoms with van der Waals surface area (Å²) in [6.45, 7) is 1.23. The first kappa shape index (κ1) is 15.6. The van der Waals surface area contributed by atoms with E-state index < -0.39 is 0 Å². The molecule has 1 unspecified atom stereocenters. The number of likely N-dealkylation sites (tertiary alicyclic amines) is 1. The highest BCUT2D eigenvalue weighted by Crippen LogP contribution is 2.29. The summed E-state index contributed by atoms with van der Waals surface area (Å²) in [5.41, 5.74) is 0.581. The molecule has 6 nitrogen and oxygen atoms in total. The van der Waals surface area contributed by atoms with E-state index in [-0.39, 0.29) is 12.0 Å². The molecule has 1 fully saturated rings. The molecule has 23 heavy (non-hydrogen) atoms. The van der Waals surface area contributed by atoms with Gasteiger partial charge in [-0.3, -0.25) is 4.79 Å². The van der Waals surface area contributed by atoms with E-state index >= 15 is 0 Å². The van der Waals surface area contributed by atoms with Gasteiger partial charge in [-0.1, -0.05) is 11.3 Å². The van der Waals surface area contributed by atoms with Gasteiger partial charge in [0.1, 0.15) is 6.10 Å². The Hall–Kier alpha value is -2.28. The van der Waals surface area contributed by atoms with E-state index in [1.807, 2.05) is 5.38 Å². The van der Waals surface area contributed by atoms with Gasteiger partial charge in [0.15, 0.2) is 11.5 Å². The lowest BCUT2D eigenvalue weighted by Crippen LogP contribution is -2.30. The summed E-state index contributed by atoms with van der Waals surface area (Å²) in [7, 11) is 3.13. The normalized spacial score (nSPS) is 17.1. The number of benzene rings is 1. The highest BCUT2D eigenvalue weighted by molar-refractivity contribution is 7.11. The molecule has 7 heteroatoms. The zero-order valence-corrected chi connectivity index (χ0v) is 13.8.